The lowest BCUT2D eigenvalue weighted by atomic mass is 9.96. The van der Waals surface area contributed by atoms with Gasteiger partial charge >= 0.3 is 0 Å². The van der Waals surface area contributed by atoms with Crippen molar-refractivity contribution in [2.24, 2.45) is 0 Å². The maximum atomic E-state index is 5.72. The first-order valence-corrected chi connectivity index (χ1v) is 8.18. The molecule has 5 nitrogen and oxygen atoms in total. The maximum absolute atomic E-state index is 5.72. The van der Waals surface area contributed by atoms with Gasteiger partial charge < -0.3 is 23.7 Å². The van der Waals surface area contributed by atoms with E-state index in [4.69, 9.17) is 23.7 Å². The molecule has 0 fully saturated rings. The van der Waals surface area contributed by atoms with Gasteiger partial charge in [0.15, 0.2) is 0 Å². The fourth-order valence-corrected chi connectivity index (χ4v) is 2.66. The zero-order valence-electron chi connectivity index (χ0n) is 16.1. The van der Waals surface area contributed by atoms with Gasteiger partial charge in [0.25, 0.3) is 0 Å². The van der Waals surface area contributed by atoms with Gasteiger partial charge in [-0.1, -0.05) is 29.9 Å². The molecule has 0 unspecified atom stereocenters. The first kappa shape index (κ1) is 21.4. The number of rotatable bonds is 11. The van der Waals surface area contributed by atoms with Crippen LogP contribution in [0.2, 0.25) is 0 Å². The smallest absolute Gasteiger partial charge is 0.131 e. The Morgan fingerprint density at radius 3 is 1.56 bits per heavy atom. The highest BCUT2D eigenvalue weighted by molar-refractivity contribution is 5.49. The van der Waals surface area contributed by atoms with Crippen LogP contribution in [0, 0.1) is 6.92 Å². The number of methoxy groups -OCH3 is 5. The van der Waals surface area contributed by atoms with Gasteiger partial charge in [0, 0.05) is 39.6 Å². The third-order valence-corrected chi connectivity index (χ3v) is 3.76. The van der Waals surface area contributed by atoms with Gasteiger partial charge in [0.05, 0.1) is 20.3 Å². The SMILES string of the molecule is COC/C=C/[C@H](OC)c1cc(C)cc([C@@H](/C=C/COC)OC)c1OC. The first-order chi connectivity index (χ1) is 12.1. The molecule has 0 radical (unpaired) electrons. The molecule has 0 N–H and O–H groups in total. The largest absolute Gasteiger partial charge is 0.496 e. The van der Waals surface area contributed by atoms with E-state index >= 15 is 0 Å². The van der Waals surface area contributed by atoms with Crippen molar-refractivity contribution in [2.75, 3.05) is 48.8 Å². The maximum Gasteiger partial charge on any atom is 0.131 e. The van der Waals surface area contributed by atoms with Gasteiger partial charge in [0.1, 0.15) is 18.0 Å². The van der Waals surface area contributed by atoms with Gasteiger partial charge in [-0.3, -0.25) is 0 Å². The zero-order chi connectivity index (χ0) is 18.7. The minimum Gasteiger partial charge on any atom is -0.496 e. The van der Waals surface area contributed by atoms with Crippen molar-refractivity contribution in [1.82, 2.24) is 0 Å². The number of hydrogen-bond donors (Lipinski definition) is 0. The topological polar surface area (TPSA) is 46.2 Å². The fraction of sp³-hybridized carbons (Fsp3) is 0.500. The quantitative estimate of drug-likeness (QED) is 0.568. The summed E-state index contributed by atoms with van der Waals surface area (Å²) in [7, 11) is 8.33. The van der Waals surface area contributed by atoms with E-state index in [0.717, 1.165) is 22.4 Å². The minimum atomic E-state index is -0.232. The average Bonchev–Trinajstić information content (AvgIpc) is 2.62. The average molecular weight is 350 g/mol. The lowest BCUT2D eigenvalue weighted by Crippen LogP contribution is -2.08. The van der Waals surface area contributed by atoms with E-state index in [1.807, 2.05) is 31.2 Å². The molecule has 0 aliphatic carbocycles. The molecule has 1 aromatic carbocycles. The summed E-state index contributed by atoms with van der Waals surface area (Å²) < 4.78 is 27.2. The molecule has 140 valence electrons. The molecular formula is C20H30O5. The predicted octanol–water partition coefficient (Wildman–Crippen LogP) is 3.78. The minimum absolute atomic E-state index is 0.232. The molecule has 0 bridgehead atoms. The summed E-state index contributed by atoms with van der Waals surface area (Å²) >= 11 is 0. The highest BCUT2D eigenvalue weighted by Gasteiger charge is 2.21. The lowest BCUT2D eigenvalue weighted by molar-refractivity contribution is 0.131. The summed E-state index contributed by atoms with van der Waals surface area (Å²) in [6.45, 7) is 3.10. The Morgan fingerprint density at radius 2 is 1.24 bits per heavy atom. The summed E-state index contributed by atoms with van der Waals surface area (Å²) in [4.78, 5) is 0. The van der Waals surface area contributed by atoms with Crippen LogP contribution >= 0.6 is 0 Å². The highest BCUT2D eigenvalue weighted by Crippen LogP contribution is 2.37. The summed E-state index contributed by atoms with van der Waals surface area (Å²) in [5, 5.41) is 0. The normalized spacial score (nSPS) is 14.3. The summed E-state index contributed by atoms with van der Waals surface area (Å²) in [6, 6.07) is 4.14. The molecule has 25 heavy (non-hydrogen) atoms. The Balaban J connectivity index is 3.33. The van der Waals surface area contributed by atoms with Crippen LogP contribution in [-0.2, 0) is 18.9 Å². The van der Waals surface area contributed by atoms with Crippen LogP contribution in [0.15, 0.2) is 36.4 Å². The van der Waals surface area contributed by atoms with Crippen molar-refractivity contribution in [3.63, 3.8) is 0 Å². The molecular weight excluding hydrogens is 320 g/mol. The van der Waals surface area contributed by atoms with Crippen molar-refractivity contribution >= 4 is 0 Å². The van der Waals surface area contributed by atoms with E-state index in [-0.39, 0.29) is 12.2 Å². The van der Waals surface area contributed by atoms with E-state index in [1.54, 1.807) is 35.5 Å². The van der Waals surface area contributed by atoms with Gasteiger partial charge in [-0.2, -0.15) is 0 Å². The third kappa shape index (κ3) is 6.29. The Morgan fingerprint density at radius 1 is 0.800 bits per heavy atom. The van der Waals surface area contributed by atoms with Gasteiger partial charge in [-0.15, -0.1) is 0 Å². The standard InChI is InChI=1S/C20H30O5/c1-15-13-16(18(23-4)9-7-11-21-2)20(25-6)17(14-15)19(24-5)10-8-12-22-3/h7-10,13-14,18-19H,11-12H2,1-6H3/b9-7+,10-8+/t18-,19+. The first-order valence-electron chi connectivity index (χ1n) is 8.18. The van der Waals surface area contributed by atoms with E-state index in [0.29, 0.717) is 13.2 Å². The van der Waals surface area contributed by atoms with Crippen molar-refractivity contribution in [3.05, 3.63) is 53.1 Å². The van der Waals surface area contributed by atoms with Gasteiger partial charge in [-0.05, 0) is 19.1 Å². The molecule has 0 amide bonds. The molecule has 0 spiro atoms. The van der Waals surface area contributed by atoms with Crippen LogP contribution in [0.5, 0.6) is 5.75 Å². The van der Waals surface area contributed by atoms with E-state index in [1.165, 1.54) is 0 Å². The van der Waals surface area contributed by atoms with Crippen LogP contribution in [0.1, 0.15) is 28.9 Å². The second-order valence-electron chi connectivity index (χ2n) is 5.56. The fourth-order valence-electron chi connectivity index (χ4n) is 2.66. The molecule has 0 aromatic heterocycles. The van der Waals surface area contributed by atoms with Crippen LogP contribution in [0.4, 0.5) is 0 Å². The van der Waals surface area contributed by atoms with Crippen molar-refractivity contribution in [3.8, 4) is 5.75 Å². The van der Waals surface area contributed by atoms with Crippen LogP contribution < -0.4 is 4.74 Å². The van der Waals surface area contributed by atoms with Crippen LogP contribution in [0.3, 0.4) is 0 Å². The summed E-state index contributed by atoms with van der Waals surface area (Å²) in [6.07, 6.45) is 7.33. The van der Waals surface area contributed by atoms with Crippen LogP contribution in [0.25, 0.3) is 0 Å². The Kier molecular flexibility index (Phi) is 10.1. The molecule has 5 heteroatoms. The highest BCUT2D eigenvalue weighted by atomic mass is 16.5. The van der Waals surface area contributed by atoms with E-state index in [9.17, 15) is 0 Å². The van der Waals surface area contributed by atoms with Crippen molar-refractivity contribution in [2.45, 2.75) is 19.1 Å². The molecule has 0 heterocycles. The second-order valence-corrected chi connectivity index (χ2v) is 5.56. The molecule has 0 saturated heterocycles. The van der Waals surface area contributed by atoms with Crippen molar-refractivity contribution < 1.29 is 23.7 Å². The monoisotopic (exact) mass is 350 g/mol. The summed E-state index contributed by atoms with van der Waals surface area (Å²) in [5.74, 6) is 0.758. The van der Waals surface area contributed by atoms with E-state index in [2.05, 4.69) is 12.1 Å². The lowest BCUT2D eigenvalue weighted by Gasteiger charge is -2.22. The Labute approximate surface area is 151 Å². The second kappa shape index (κ2) is 11.8. The van der Waals surface area contributed by atoms with Gasteiger partial charge in [-0.25, -0.2) is 0 Å². The molecule has 0 aliphatic rings. The van der Waals surface area contributed by atoms with E-state index < -0.39 is 0 Å². The molecule has 2 atom stereocenters. The zero-order valence-corrected chi connectivity index (χ0v) is 16.1. The number of hydrogen-bond acceptors (Lipinski definition) is 5. The predicted molar refractivity (Wildman–Crippen MR) is 99.3 cm³/mol. The number of benzene rings is 1. The molecule has 0 aliphatic heterocycles. The Hall–Kier alpha value is -1.66. The number of aryl methyl sites for hydroxylation is 1. The number of ether oxygens (including phenoxy) is 5. The Bertz CT molecular complexity index is 520. The third-order valence-electron chi connectivity index (χ3n) is 3.76. The van der Waals surface area contributed by atoms with Gasteiger partial charge in [0.2, 0.25) is 0 Å². The van der Waals surface area contributed by atoms with Crippen LogP contribution in [-0.4, -0.2) is 48.8 Å². The molecule has 1 aromatic rings. The molecule has 1 rings (SSSR count). The summed E-state index contributed by atoms with van der Waals surface area (Å²) in [5.41, 5.74) is 3.01. The van der Waals surface area contributed by atoms with Crippen molar-refractivity contribution in [1.29, 1.82) is 0 Å². The molecule has 0 saturated carbocycles.